The van der Waals surface area contributed by atoms with Gasteiger partial charge in [-0.3, -0.25) is 0 Å². The number of rotatable bonds is 3. The van der Waals surface area contributed by atoms with E-state index in [-0.39, 0.29) is 0 Å². The van der Waals surface area contributed by atoms with E-state index in [9.17, 15) is 0 Å². The highest BCUT2D eigenvalue weighted by molar-refractivity contribution is 5.52. The first-order chi connectivity index (χ1) is 11.9. The standard InChI is InChI=1S/C23H22O/c1-24-20-13-15-22-19(16-20)12-14-21(17-8-4-2-5-9-17)23(22)18-10-6-3-7-11-18/h2-13,15,21,23H,14,16H2,1H3/t21-,23-/m1/s1. The van der Waals surface area contributed by atoms with Gasteiger partial charge in [0.05, 0.1) is 12.9 Å². The maximum atomic E-state index is 5.47. The van der Waals surface area contributed by atoms with Crippen molar-refractivity contribution in [3.63, 3.8) is 0 Å². The van der Waals surface area contributed by atoms with Crippen LogP contribution >= 0.6 is 0 Å². The molecule has 0 saturated heterocycles. The molecule has 0 bridgehead atoms. The summed E-state index contributed by atoms with van der Waals surface area (Å²) < 4.78 is 5.47. The summed E-state index contributed by atoms with van der Waals surface area (Å²) in [5.74, 6) is 1.94. The van der Waals surface area contributed by atoms with Crippen LogP contribution in [0, 0.1) is 0 Å². The molecule has 2 aromatic rings. The minimum absolute atomic E-state index is 0.406. The van der Waals surface area contributed by atoms with Crippen LogP contribution in [0.1, 0.15) is 35.8 Å². The molecule has 0 amide bonds. The molecule has 24 heavy (non-hydrogen) atoms. The second-order valence-electron chi connectivity index (χ2n) is 6.51. The quantitative estimate of drug-likeness (QED) is 0.701. The molecule has 0 fully saturated rings. The third kappa shape index (κ3) is 2.71. The molecule has 2 atom stereocenters. The number of benzene rings is 2. The molecule has 1 nitrogen and oxygen atoms in total. The van der Waals surface area contributed by atoms with Gasteiger partial charge in [0.2, 0.25) is 0 Å². The average molecular weight is 314 g/mol. The number of fused-ring (bicyclic) bond motifs is 1. The summed E-state index contributed by atoms with van der Waals surface area (Å²) in [7, 11) is 1.76. The fourth-order valence-corrected chi connectivity index (χ4v) is 4.00. The Bertz CT molecular complexity index is 796. The van der Waals surface area contributed by atoms with Gasteiger partial charge >= 0.3 is 0 Å². The van der Waals surface area contributed by atoms with E-state index in [1.807, 2.05) is 0 Å². The molecule has 2 aromatic carbocycles. The second-order valence-corrected chi connectivity index (χ2v) is 6.51. The SMILES string of the molecule is COC1=CC=C2C(=CC[C@H](c3ccccc3)[C@H]2c2ccccc2)C1. The van der Waals surface area contributed by atoms with Crippen LogP contribution in [0.3, 0.4) is 0 Å². The first-order valence-electron chi connectivity index (χ1n) is 8.61. The van der Waals surface area contributed by atoms with Gasteiger partial charge in [-0.05, 0) is 40.7 Å². The van der Waals surface area contributed by atoms with Crippen molar-refractivity contribution >= 4 is 0 Å². The van der Waals surface area contributed by atoms with Gasteiger partial charge in [0.1, 0.15) is 0 Å². The highest BCUT2D eigenvalue weighted by atomic mass is 16.5. The van der Waals surface area contributed by atoms with E-state index in [4.69, 9.17) is 4.74 Å². The van der Waals surface area contributed by atoms with E-state index in [1.54, 1.807) is 7.11 Å². The summed E-state index contributed by atoms with van der Waals surface area (Å²) >= 11 is 0. The van der Waals surface area contributed by atoms with Crippen molar-refractivity contribution in [2.45, 2.75) is 24.7 Å². The molecule has 0 unspecified atom stereocenters. The lowest BCUT2D eigenvalue weighted by Crippen LogP contribution is -2.20. The van der Waals surface area contributed by atoms with E-state index in [0.29, 0.717) is 11.8 Å². The van der Waals surface area contributed by atoms with Gasteiger partial charge < -0.3 is 4.74 Å². The largest absolute Gasteiger partial charge is 0.501 e. The maximum Gasteiger partial charge on any atom is 0.0999 e. The Labute approximate surface area is 144 Å². The molecule has 0 N–H and O–H groups in total. The van der Waals surface area contributed by atoms with Crippen LogP contribution in [0.2, 0.25) is 0 Å². The minimum atomic E-state index is 0.406. The van der Waals surface area contributed by atoms with E-state index < -0.39 is 0 Å². The Balaban J connectivity index is 1.82. The summed E-state index contributed by atoms with van der Waals surface area (Å²) in [6.07, 6.45) is 8.80. The van der Waals surface area contributed by atoms with Gasteiger partial charge in [-0.25, -0.2) is 0 Å². The number of ether oxygens (including phenoxy) is 1. The van der Waals surface area contributed by atoms with Crippen LogP contribution in [-0.4, -0.2) is 7.11 Å². The molecule has 2 aliphatic carbocycles. The van der Waals surface area contributed by atoms with Gasteiger partial charge in [0, 0.05) is 12.3 Å². The predicted molar refractivity (Wildman–Crippen MR) is 98.9 cm³/mol. The Morgan fingerprint density at radius 2 is 1.50 bits per heavy atom. The molecule has 0 spiro atoms. The zero-order valence-electron chi connectivity index (χ0n) is 14.0. The lowest BCUT2D eigenvalue weighted by Gasteiger charge is -2.36. The third-order valence-corrected chi connectivity index (χ3v) is 5.19. The maximum absolute atomic E-state index is 5.47. The van der Waals surface area contributed by atoms with Crippen molar-refractivity contribution < 1.29 is 4.74 Å². The molecular formula is C23H22O. The fraction of sp³-hybridized carbons (Fsp3) is 0.217. The van der Waals surface area contributed by atoms with Crippen molar-refractivity contribution in [2.75, 3.05) is 7.11 Å². The van der Waals surface area contributed by atoms with Crippen LogP contribution in [-0.2, 0) is 4.74 Å². The van der Waals surface area contributed by atoms with Crippen molar-refractivity contribution in [3.05, 3.63) is 107 Å². The topological polar surface area (TPSA) is 9.23 Å². The third-order valence-electron chi connectivity index (χ3n) is 5.19. The van der Waals surface area contributed by atoms with Gasteiger partial charge in [-0.15, -0.1) is 0 Å². The molecule has 0 saturated carbocycles. The van der Waals surface area contributed by atoms with Crippen molar-refractivity contribution in [1.82, 2.24) is 0 Å². The number of hydrogen-bond donors (Lipinski definition) is 0. The fourth-order valence-electron chi connectivity index (χ4n) is 4.00. The highest BCUT2D eigenvalue weighted by Gasteiger charge is 2.33. The predicted octanol–water partition coefficient (Wildman–Crippen LogP) is 5.74. The first kappa shape index (κ1) is 15.0. The van der Waals surface area contributed by atoms with E-state index >= 15 is 0 Å². The second kappa shape index (κ2) is 6.52. The molecule has 4 rings (SSSR count). The zero-order valence-corrected chi connectivity index (χ0v) is 14.0. The van der Waals surface area contributed by atoms with Crippen LogP contribution < -0.4 is 0 Å². The Morgan fingerprint density at radius 3 is 2.17 bits per heavy atom. The van der Waals surface area contributed by atoms with Gasteiger partial charge in [0.25, 0.3) is 0 Å². The molecular weight excluding hydrogens is 292 g/mol. The van der Waals surface area contributed by atoms with E-state index in [0.717, 1.165) is 18.6 Å². The van der Waals surface area contributed by atoms with Crippen molar-refractivity contribution in [3.8, 4) is 0 Å². The number of hydrogen-bond acceptors (Lipinski definition) is 1. The van der Waals surface area contributed by atoms with Crippen molar-refractivity contribution in [2.24, 2.45) is 0 Å². The van der Waals surface area contributed by atoms with Crippen LogP contribution in [0.25, 0.3) is 0 Å². The molecule has 0 aliphatic heterocycles. The van der Waals surface area contributed by atoms with Gasteiger partial charge in [-0.1, -0.05) is 72.8 Å². The van der Waals surface area contributed by atoms with E-state index in [1.165, 1.54) is 22.3 Å². The number of allylic oxidation sites excluding steroid dienone is 5. The lowest BCUT2D eigenvalue weighted by atomic mass is 9.68. The number of methoxy groups -OCH3 is 1. The smallest absolute Gasteiger partial charge is 0.0999 e. The first-order valence-corrected chi connectivity index (χ1v) is 8.61. The zero-order chi connectivity index (χ0) is 16.4. The summed E-state index contributed by atoms with van der Waals surface area (Å²) in [6, 6.07) is 21.8. The molecule has 0 heterocycles. The normalized spacial score (nSPS) is 22.8. The summed E-state index contributed by atoms with van der Waals surface area (Å²) in [4.78, 5) is 0. The van der Waals surface area contributed by atoms with E-state index in [2.05, 4.69) is 78.9 Å². The molecule has 1 heteroatoms. The monoisotopic (exact) mass is 314 g/mol. The minimum Gasteiger partial charge on any atom is -0.501 e. The molecule has 0 aromatic heterocycles. The summed E-state index contributed by atoms with van der Waals surface area (Å²) in [5, 5.41) is 0. The van der Waals surface area contributed by atoms with Crippen molar-refractivity contribution in [1.29, 1.82) is 0 Å². The van der Waals surface area contributed by atoms with Crippen LogP contribution in [0.15, 0.2) is 95.8 Å². The molecule has 120 valence electrons. The Hall–Kier alpha value is -2.54. The Kier molecular flexibility index (Phi) is 4.08. The summed E-state index contributed by atoms with van der Waals surface area (Å²) in [5.41, 5.74) is 5.69. The molecule has 0 radical (unpaired) electrons. The highest BCUT2D eigenvalue weighted by Crippen LogP contribution is 2.49. The van der Waals surface area contributed by atoms with Gasteiger partial charge in [-0.2, -0.15) is 0 Å². The van der Waals surface area contributed by atoms with Gasteiger partial charge in [0.15, 0.2) is 0 Å². The average Bonchev–Trinajstić information content (AvgIpc) is 2.68. The molecule has 2 aliphatic rings. The lowest BCUT2D eigenvalue weighted by molar-refractivity contribution is 0.281. The van der Waals surface area contributed by atoms with Crippen LogP contribution in [0.4, 0.5) is 0 Å². The van der Waals surface area contributed by atoms with Crippen LogP contribution in [0.5, 0.6) is 0 Å². The summed E-state index contributed by atoms with van der Waals surface area (Å²) in [6.45, 7) is 0. The Morgan fingerprint density at radius 1 is 0.833 bits per heavy atom.